The van der Waals surface area contributed by atoms with Crippen LogP contribution in [-0.4, -0.2) is 53.6 Å². The number of carbonyl (C=O) groups is 2. The molecule has 1 fully saturated rings. The molecule has 0 saturated carbocycles. The normalized spacial score (nSPS) is 16.2. The third-order valence-corrected chi connectivity index (χ3v) is 8.39. The molecule has 0 amide bonds. The fourth-order valence-corrected chi connectivity index (χ4v) is 6.18. The van der Waals surface area contributed by atoms with Crippen LogP contribution in [0.3, 0.4) is 0 Å². The van der Waals surface area contributed by atoms with Crippen LogP contribution in [0.5, 0.6) is 0 Å². The van der Waals surface area contributed by atoms with E-state index >= 15 is 0 Å². The fourth-order valence-electron chi connectivity index (χ4n) is 6.18. The van der Waals surface area contributed by atoms with Crippen LogP contribution in [0.4, 0.5) is 5.69 Å². The first-order valence-corrected chi connectivity index (χ1v) is 17.5. The van der Waals surface area contributed by atoms with Crippen molar-refractivity contribution in [2.75, 3.05) is 26.7 Å². The largest absolute Gasteiger partial charge is 1.00 e. The first kappa shape index (κ1) is 48.9. The van der Waals surface area contributed by atoms with E-state index in [1.165, 1.54) is 88.3 Å². The first-order valence-electron chi connectivity index (χ1n) is 17.5. The molecule has 1 unspecified atom stereocenters. The van der Waals surface area contributed by atoms with Gasteiger partial charge in [0.15, 0.2) is 0 Å². The molecular formula is C42H58KN3O6. The number of likely N-dealkylation sites (tertiary alicyclic amines) is 1. The summed E-state index contributed by atoms with van der Waals surface area (Å²) in [6, 6.07) is 27.4. The van der Waals surface area contributed by atoms with E-state index in [9.17, 15) is 24.8 Å². The maximum absolute atomic E-state index is 12.2. The molecule has 0 aliphatic carbocycles. The molecule has 52 heavy (non-hydrogen) atoms. The van der Waals surface area contributed by atoms with Crippen LogP contribution in [0.25, 0.3) is 5.32 Å². The summed E-state index contributed by atoms with van der Waals surface area (Å²) in [5.41, 5.74) is 3.51. The van der Waals surface area contributed by atoms with Crippen molar-refractivity contribution in [2.24, 2.45) is 5.92 Å². The van der Waals surface area contributed by atoms with E-state index < -0.39 is 22.8 Å². The molecule has 0 radical (unpaired) electrons. The summed E-state index contributed by atoms with van der Waals surface area (Å²) in [5, 5.41) is 24.7. The van der Waals surface area contributed by atoms with Gasteiger partial charge in [-0.05, 0) is 48.5 Å². The van der Waals surface area contributed by atoms with Crippen molar-refractivity contribution in [1.82, 2.24) is 4.90 Å². The van der Waals surface area contributed by atoms with E-state index in [0.29, 0.717) is 17.2 Å². The van der Waals surface area contributed by atoms with Crippen molar-refractivity contribution in [3.8, 4) is 0 Å². The minimum atomic E-state index is -1.25. The number of carboxylic acid groups (broad SMARTS) is 1. The monoisotopic (exact) mass is 739 g/mol. The van der Waals surface area contributed by atoms with Gasteiger partial charge in [0, 0.05) is 41.7 Å². The van der Waals surface area contributed by atoms with Gasteiger partial charge in [-0.3, -0.25) is 10.1 Å². The van der Waals surface area contributed by atoms with Gasteiger partial charge >= 0.3 is 63.3 Å². The molecule has 3 aromatic rings. The Hall–Kier alpha value is -3.12. The maximum Gasteiger partial charge on any atom is 1.00 e. The van der Waals surface area contributed by atoms with Crippen molar-refractivity contribution in [2.45, 2.75) is 87.0 Å². The van der Waals surface area contributed by atoms with E-state index in [2.05, 4.69) is 91.7 Å². The van der Waals surface area contributed by atoms with Crippen molar-refractivity contribution >= 4 is 17.6 Å². The summed E-state index contributed by atoms with van der Waals surface area (Å²) in [6.45, 7) is 17.5. The van der Waals surface area contributed by atoms with Crippen LogP contribution < -0.4 is 51.4 Å². The molecule has 0 aromatic heterocycles. The number of carboxylic acids is 1. The maximum atomic E-state index is 12.2. The van der Waals surface area contributed by atoms with Crippen LogP contribution in [0.2, 0.25) is 0 Å². The van der Waals surface area contributed by atoms with Gasteiger partial charge in [-0.2, -0.15) is 11.4 Å². The topological polar surface area (TPSA) is 124 Å². The number of carbonyl (C=O) groups excluding carboxylic acids is 1. The number of non-ortho nitro benzene ring substituents is 1. The second-order valence-corrected chi connectivity index (χ2v) is 12.3. The second kappa shape index (κ2) is 25.8. The Morgan fingerprint density at radius 3 is 1.90 bits per heavy atom. The smallest absolute Gasteiger partial charge is 0.664 e. The number of nitrogens with zero attached hydrogens (tertiary/aromatic N) is 3. The van der Waals surface area contributed by atoms with Crippen LogP contribution in [0.15, 0.2) is 107 Å². The molecule has 2 aliphatic rings. The molecule has 2 heterocycles. The zero-order valence-corrected chi connectivity index (χ0v) is 35.0. The van der Waals surface area contributed by atoms with Gasteiger partial charge in [0.1, 0.15) is 0 Å². The summed E-state index contributed by atoms with van der Waals surface area (Å²) in [6.07, 6.45) is 3.82. The summed E-state index contributed by atoms with van der Waals surface area (Å²) in [5.74, 6) is -1.58. The fraction of sp³-hybridized carbons (Fsp3) is 0.429. The predicted octanol–water partition coefficient (Wildman–Crippen LogP) is 7.50. The minimum Gasteiger partial charge on any atom is -0.664 e. The molecule has 10 heteroatoms. The molecule has 2 aliphatic heterocycles. The molecule has 0 spiro atoms. The third-order valence-electron chi connectivity index (χ3n) is 8.39. The first-order chi connectivity index (χ1) is 24.0. The average Bonchev–Trinajstić information content (AvgIpc) is 3.54. The summed E-state index contributed by atoms with van der Waals surface area (Å²) in [7, 11) is 1.18. The third kappa shape index (κ3) is 14.4. The van der Waals surface area contributed by atoms with Gasteiger partial charge in [0.2, 0.25) is 0 Å². The standard InChI is InChI=1S/C20H25N.C16H16N2O6.C3H8.C2H6.CH4.K/c1-17-12-14-21(16-17)15-13-20(18-8-4-2-5-9-18)19-10-6-3-7-11-19;1-8-12(15(19)20)14(13(9(2)17-8)16(21)24-3)10-5-4-6-11(7-10)18(22)23;1-3-2;1-2;;/h2-11,17,20H,12-16H2,1H3;4-7,14H,1-3H3,(H2,17,19,20,21);3H2,1-2H3;1-2H3;1H4;/q;;;;;+1/p-1/t;14-;;;;/m.1..../s1. The van der Waals surface area contributed by atoms with Gasteiger partial charge < -0.3 is 20.1 Å². The quantitative estimate of drug-likeness (QED) is 0.104. The van der Waals surface area contributed by atoms with Gasteiger partial charge in [0.25, 0.3) is 5.69 Å². The number of allylic oxidation sites excluding steroid dienone is 2. The number of hydrogen-bond donors (Lipinski definition) is 1. The molecule has 1 saturated heterocycles. The van der Waals surface area contributed by atoms with E-state index in [1.54, 1.807) is 6.92 Å². The Labute approximate surface area is 354 Å². The summed E-state index contributed by atoms with van der Waals surface area (Å²) in [4.78, 5) is 36.9. The molecule has 278 valence electrons. The molecule has 1 N–H and O–H groups in total. The number of methoxy groups -OCH3 is 1. The van der Waals surface area contributed by atoms with Crippen molar-refractivity contribution in [3.63, 3.8) is 0 Å². The molecule has 0 bridgehead atoms. The predicted molar refractivity (Wildman–Crippen MR) is 208 cm³/mol. The molecule has 9 nitrogen and oxygen atoms in total. The van der Waals surface area contributed by atoms with Gasteiger partial charge in [0.05, 0.1) is 12.0 Å². The van der Waals surface area contributed by atoms with Gasteiger partial charge in [-0.1, -0.05) is 135 Å². The van der Waals surface area contributed by atoms with E-state index in [0.717, 1.165) is 5.92 Å². The molecule has 3 aromatic carbocycles. The zero-order chi connectivity index (χ0) is 37.2. The Bertz CT molecular complexity index is 1550. The average molecular weight is 740 g/mol. The summed E-state index contributed by atoms with van der Waals surface area (Å²) >= 11 is 0. The van der Waals surface area contributed by atoms with Crippen molar-refractivity contribution in [1.29, 1.82) is 0 Å². The van der Waals surface area contributed by atoms with E-state index in [4.69, 9.17) is 4.74 Å². The van der Waals surface area contributed by atoms with E-state index in [1.807, 2.05) is 13.8 Å². The number of aliphatic carboxylic acids is 1. The van der Waals surface area contributed by atoms with Crippen molar-refractivity contribution < 1.29 is 75.7 Å². The van der Waals surface area contributed by atoms with Crippen LogP contribution >= 0.6 is 0 Å². The number of nitro benzene ring substituents is 1. The minimum absolute atomic E-state index is 0. The number of ether oxygens (including phenoxy) is 1. The molecule has 5 rings (SSSR count). The zero-order valence-electron chi connectivity index (χ0n) is 31.9. The van der Waals surface area contributed by atoms with Crippen LogP contribution in [-0.2, 0) is 14.3 Å². The number of nitro groups is 1. The molecule has 2 atom stereocenters. The van der Waals surface area contributed by atoms with Crippen molar-refractivity contribution in [3.05, 3.63) is 140 Å². The Balaban J connectivity index is 0.000000865. The Kier molecular flexibility index (Phi) is 24.2. The Morgan fingerprint density at radius 1 is 0.942 bits per heavy atom. The van der Waals surface area contributed by atoms with Crippen LogP contribution in [0.1, 0.15) is 104 Å². The number of esters is 1. The number of hydrogen-bond acceptors (Lipinski definition) is 6. The number of benzene rings is 3. The SMILES string of the molecule is C.CC.CC1CCN(CCC(c2ccccc2)c2ccccc2)C1.CCC.COC(=O)C1=C(C)[N-]C(C)=C(C(=O)O)[C@H]1c1cccc([N+](=O)[O-])c1.[K+]. The number of rotatable bonds is 9. The Morgan fingerprint density at radius 2 is 1.46 bits per heavy atom. The molecular weight excluding hydrogens is 682 g/mol. The summed E-state index contributed by atoms with van der Waals surface area (Å²) < 4.78 is 4.75. The van der Waals surface area contributed by atoms with Gasteiger partial charge in [-0.15, -0.1) is 0 Å². The second-order valence-electron chi connectivity index (χ2n) is 12.3. The van der Waals surface area contributed by atoms with Crippen LogP contribution in [0, 0.1) is 16.0 Å². The van der Waals surface area contributed by atoms with Gasteiger partial charge in [-0.25, -0.2) is 9.59 Å². The van der Waals surface area contributed by atoms with E-state index in [-0.39, 0.29) is 81.3 Å².